The van der Waals surface area contributed by atoms with E-state index < -0.39 is 5.82 Å². The Labute approximate surface area is 181 Å². The van der Waals surface area contributed by atoms with Gasteiger partial charge < -0.3 is 9.80 Å². The first-order valence-corrected chi connectivity index (χ1v) is 10.3. The van der Waals surface area contributed by atoms with Crippen LogP contribution in [0.1, 0.15) is 32.9 Å². The molecule has 4 rings (SSSR count). The summed E-state index contributed by atoms with van der Waals surface area (Å²) in [5.74, 6) is -0.535. The van der Waals surface area contributed by atoms with E-state index in [0.717, 1.165) is 17.0 Å². The van der Waals surface area contributed by atoms with Gasteiger partial charge in [-0.15, -0.1) is 0 Å². The van der Waals surface area contributed by atoms with E-state index in [0.29, 0.717) is 44.0 Å². The molecule has 0 aliphatic carbocycles. The molecule has 0 unspecified atom stereocenters. The van der Waals surface area contributed by atoms with Gasteiger partial charge in [0, 0.05) is 37.4 Å². The molecule has 1 fully saturated rings. The van der Waals surface area contributed by atoms with Gasteiger partial charge in [-0.05, 0) is 49.7 Å². The minimum atomic E-state index is -0.516. The average Bonchev–Trinajstić information content (AvgIpc) is 3.09. The molecule has 0 radical (unpaired) electrons. The van der Waals surface area contributed by atoms with Gasteiger partial charge in [0.15, 0.2) is 0 Å². The minimum absolute atomic E-state index is 0.0189. The van der Waals surface area contributed by atoms with Crippen molar-refractivity contribution in [3.63, 3.8) is 0 Å². The topological polar surface area (TPSA) is 65.2 Å². The number of nitriles is 1. The van der Waals surface area contributed by atoms with Crippen molar-refractivity contribution in [2.24, 2.45) is 0 Å². The van der Waals surface area contributed by atoms with E-state index in [1.807, 2.05) is 64.7 Å². The minimum Gasteiger partial charge on any atom is -0.367 e. The van der Waals surface area contributed by atoms with Gasteiger partial charge >= 0.3 is 0 Å². The highest BCUT2D eigenvalue weighted by Gasteiger charge is 2.24. The van der Waals surface area contributed by atoms with Crippen LogP contribution in [0.5, 0.6) is 0 Å². The quantitative estimate of drug-likeness (QED) is 0.652. The molecule has 1 saturated heterocycles. The Morgan fingerprint density at radius 3 is 2.52 bits per heavy atom. The molecule has 2 aromatic carbocycles. The molecule has 1 aliphatic heterocycles. The highest BCUT2D eigenvalue weighted by atomic mass is 19.1. The molecule has 0 spiro atoms. The zero-order chi connectivity index (χ0) is 22.0. The van der Waals surface area contributed by atoms with Crippen LogP contribution in [-0.2, 0) is 6.54 Å². The summed E-state index contributed by atoms with van der Waals surface area (Å²) in [7, 11) is 0. The third kappa shape index (κ3) is 4.29. The number of benzene rings is 2. The fourth-order valence-corrected chi connectivity index (χ4v) is 4.03. The molecule has 1 amide bonds. The van der Waals surface area contributed by atoms with E-state index >= 15 is 0 Å². The van der Waals surface area contributed by atoms with Gasteiger partial charge in [-0.25, -0.2) is 4.39 Å². The number of piperazine rings is 1. The van der Waals surface area contributed by atoms with Gasteiger partial charge in [0.1, 0.15) is 17.4 Å². The molecule has 0 bridgehead atoms. The third-order valence-electron chi connectivity index (χ3n) is 5.62. The van der Waals surface area contributed by atoms with Crippen molar-refractivity contribution in [2.45, 2.75) is 20.4 Å². The Kier molecular flexibility index (Phi) is 5.72. The molecule has 7 heteroatoms. The van der Waals surface area contributed by atoms with Crippen molar-refractivity contribution in [1.82, 2.24) is 14.7 Å². The maximum atomic E-state index is 13.9. The lowest BCUT2D eigenvalue weighted by Gasteiger charge is -2.36. The summed E-state index contributed by atoms with van der Waals surface area (Å²) in [5, 5.41) is 13.8. The molecule has 1 aromatic heterocycles. The number of aromatic nitrogens is 2. The largest absolute Gasteiger partial charge is 0.367 e. The first-order valence-electron chi connectivity index (χ1n) is 10.3. The van der Waals surface area contributed by atoms with E-state index in [1.54, 1.807) is 12.1 Å². The SMILES string of the molecule is Cc1cc(C)n(Cc2cccc(C(=O)N3CCN(c4cccc(F)c4C#N)CC3)c2)n1. The number of hydrogen-bond donors (Lipinski definition) is 0. The maximum absolute atomic E-state index is 13.9. The molecule has 6 nitrogen and oxygen atoms in total. The van der Waals surface area contributed by atoms with Gasteiger partial charge in [0.05, 0.1) is 17.9 Å². The van der Waals surface area contributed by atoms with E-state index in [2.05, 4.69) is 5.10 Å². The summed E-state index contributed by atoms with van der Waals surface area (Å²) in [6, 6.07) is 16.3. The van der Waals surface area contributed by atoms with Gasteiger partial charge in [0.2, 0.25) is 0 Å². The molecule has 31 heavy (non-hydrogen) atoms. The number of nitrogens with zero attached hydrogens (tertiary/aromatic N) is 5. The highest BCUT2D eigenvalue weighted by Crippen LogP contribution is 2.24. The number of hydrogen-bond acceptors (Lipinski definition) is 4. The number of aryl methyl sites for hydroxylation is 2. The number of carbonyl (C=O) groups is 1. The lowest BCUT2D eigenvalue weighted by Crippen LogP contribution is -2.49. The zero-order valence-electron chi connectivity index (χ0n) is 17.7. The summed E-state index contributed by atoms with van der Waals surface area (Å²) < 4.78 is 15.9. The van der Waals surface area contributed by atoms with Gasteiger partial charge in [-0.3, -0.25) is 9.48 Å². The highest BCUT2D eigenvalue weighted by molar-refractivity contribution is 5.94. The van der Waals surface area contributed by atoms with Crippen LogP contribution >= 0.6 is 0 Å². The van der Waals surface area contributed by atoms with E-state index in [9.17, 15) is 14.4 Å². The second kappa shape index (κ2) is 8.60. The number of rotatable bonds is 4. The normalized spacial score (nSPS) is 13.9. The van der Waals surface area contributed by atoms with Crippen LogP contribution in [0, 0.1) is 31.0 Å². The Hall–Kier alpha value is -3.66. The Morgan fingerprint density at radius 2 is 1.84 bits per heavy atom. The van der Waals surface area contributed by atoms with Crippen molar-refractivity contribution >= 4 is 11.6 Å². The van der Waals surface area contributed by atoms with E-state index in [4.69, 9.17) is 0 Å². The standard InChI is InChI=1S/C24H24FN5O/c1-17-13-18(2)30(27-17)16-19-5-3-6-20(14-19)24(31)29-11-9-28(10-12-29)23-8-4-7-22(25)21(23)15-26/h3-8,13-14H,9-12,16H2,1-2H3. The van der Waals surface area contributed by atoms with Crippen LogP contribution in [0.3, 0.4) is 0 Å². The maximum Gasteiger partial charge on any atom is 0.253 e. The zero-order valence-corrected chi connectivity index (χ0v) is 17.7. The van der Waals surface area contributed by atoms with Crippen molar-refractivity contribution in [1.29, 1.82) is 5.26 Å². The Morgan fingerprint density at radius 1 is 1.10 bits per heavy atom. The third-order valence-corrected chi connectivity index (χ3v) is 5.62. The predicted molar refractivity (Wildman–Crippen MR) is 116 cm³/mol. The van der Waals surface area contributed by atoms with Crippen LogP contribution in [0.4, 0.5) is 10.1 Å². The predicted octanol–water partition coefficient (Wildman–Crippen LogP) is 3.52. The van der Waals surface area contributed by atoms with Gasteiger partial charge in [-0.2, -0.15) is 10.4 Å². The average molecular weight is 417 g/mol. The van der Waals surface area contributed by atoms with Crippen molar-refractivity contribution < 1.29 is 9.18 Å². The summed E-state index contributed by atoms with van der Waals surface area (Å²) in [5.41, 5.74) is 4.37. The Balaban J connectivity index is 1.44. The fourth-order valence-electron chi connectivity index (χ4n) is 4.03. The van der Waals surface area contributed by atoms with Crippen LogP contribution in [0.2, 0.25) is 0 Å². The summed E-state index contributed by atoms with van der Waals surface area (Å²) in [4.78, 5) is 16.8. The van der Waals surface area contributed by atoms with Crippen LogP contribution in [0.25, 0.3) is 0 Å². The molecule has 0 saturated carbocycles. The molecule has 1 aliphatic rings. The number of halogens is 1. The smallest absolute Gasteiger partial charge is 0.253 e. The fraction of sp³-hybridized carbons (Fsp3) is 0.292. The van der Waals surface area contributed by atoms with Crippen LogP contribution < -0.4 is 4.90 Å². The monoisotopic (exact) mass is 417 g/mol. The summed E-state index contributed by atoms with van der Waals surface area (Å²) in [6.07, 6.45) is 0. The molecule has 0 N–H and O–H groups in total. The molecule has 0 atom stereocenters. The van der Waals surface area contributed by atoms with Gasteiger partial charge in [-0.1, -0.05) is 18.2 Å². The summed E-state index contributed by atoms with van der Waals surface area (Å²) in [6.45, 7) is 6.73. The molecule has 158 valence electrons. The molecular weight excluding hydrogens is 393 g/mol. The number of amides is 1. The molecule has 2 heterocycles. The number of anilines is 1. The van der Waals surface area contributed by atoms with Crippen molar-refractivity contribution in [3.8, 4) is 6.07 Å². The van der Waals surface area contributed by atoms with E-state index in [-0.39, 0.29) is 11.5 Å². The van der Waals surface area contributed by atoms with Crippen LogP contribution in [-0.4, -0.2) is 46.8 Å². The first kappa shape index (κ1) is 20.6. The van der Waals surface area contributed by atoms with Crippen LogP contribution in [0.15, 0.2) is 48.5 Å². The van der Waals surface area contributed by atoms with E-state index in [1.165, 1.54) is 6.07 Å². The second-order valence-electron chi connectivity index (χ2n) is 7.81. The molecule has 3 aromatic rings. The Bertz CT molecular complexity index is 1160. The van der Waals surface area contributed by atoms with Gasteiger partial charge in [0.25, 0.3) is 5.91 Å². The van der Waals surface area contributed by atoms with Crippen molar-refractivity contribution in [3.05, 3.63) is 82.4 Å². The van der Waals surface area contributed by atoms with Crippen molar-refractivity contribution in [2.75, 3.05) is 31.1 Å². The lowest BCUT2D eigenvalue weighted by atomic mass is 10.1. The molecular formula is C24H24FN5O. The first-order chi connectivity index (χ1) is 15.0. The lowest BCUT2D eigenvalue weighted by molar-refractivity contribution is 0.0746. The summed E-state index contributed by atoms with van der Waals surface area (Å²) >= 11 is 0. The number of carbonyl (C=O) groups excluding carboxylic acids is 1. The second-order valence-corrected chi connectivity index (χ2v) is 7.81.